The summed E-state index contributed by atoms with van der Waals surface area (Å²) in [6.07, 6.45) is 0. The topological polar surface area (TPSA) is 18.5 Å². The van der Waals surface area contributed by atoms with E-state index in [1.165, 1.54) is 5.57 Å². The number of piperazine rings is 1. The van der Waals surface area contributed by atoms with Crippen LogP contribution in [0.25, 0.3) is 0 Å². The Morgan fingerprint density at radius 2 is 1.75 bits per heavy atom. The zero-order valence-corrected chi connectivity index (χ0v) is 12.0. The molecule has 0 aromatic heterocycles. The molecule has 2 fully saturated rings. The molecule has 108 valence electrons. The standard InChI is InChI=1S/C16H22FN3/c1-13(14-10-18-11-14)12-19-6-8-20(9-7-19)16-4-2-15(17)3-5-16/h2-5,18H,6-12H2,1H3. The highest BCUT2D eigenvalue weighted by atomic mass is 19.1. The number of benzene rings is 1. The average Bonchev–Trinajstić information content (AvgIpc) is 2.38. The van der Waals surface area contributed by atoms with E-state index in [9.17, 15) is 4.39 Å². The second-order valence-corrected chi connectivity index (χ2v) is 5.73. The van der Waals surface area contributed by atoms with Crippen molar-refractivity contribution in [1.29, 1.82) is 0 Å². The first-order valence-corrected chi connectivity index (χ1v) is 7.33. The molecule has 2 aliphatic heterocycles. The van der Waals surface area contributed by atoms with Gasteiger partial charge in [0.2, 0.25) is 0 Å². The van der Waals surface area contributed by atoms with Crippen LogP contribution in [0.2, 0.25) is 0 Å². The zero-order chi connectivity index (χ0) is 13.9. The fourth-order valence-electron chi connectivity index (χ4n) is 2.82. The Kier molecular flexibility index (Phi) is 4.03. The van der Waals surface area contributed by atoms with Crippen molar-refractivity contribution in [2.45, 2.75) is 6.92 Å². The number of hydrogen-bond donors (Lipinski definition) is 1. The molecule has 1 N–H and O–H groups in total. The summed E-state index contributed by atoms with van der Waals surface area (Å²) in [5.74, 6) is -0.163. The minimum Gasteiger partial charge on any atom is -0.369 e. The fourth-order valence-corrected chi connectivity index (χ4v) is 2.82. The van der Waals surface area contributed by atoms with Crippen LogP contribution in [-0.2, 0) is 0 Å². The number of anilines is 1. The second-order valence-electron chi connectivity index (χ2n) is 5.73. The summed E-state index contributed by atoms with van der Waals surface area (Å²) in [7, 11) is 0. The number of hydrogen-bond acceptors (Lipinski definition) is 3. The molecule has 3 nitrogen and oxygen atoms in total. The Morgan fingerprint density at radius 3 is 2.30 bits per heavy atom. The monoisotopic (exact) mass is 275 g/mol. The molecule has 3 rings (SSSR count). The molecule has 0 saturated carbocycles. The molecule has 2 aliphatic rings. The summed E-state index contributed by atoms with van der Waals surface area (Å²) in [4.78, 5) is 4.85. The molecule has 0 bridgehead atoms. The lowest BCUT2D eigenvalue weighted by atomic mass is 10.0. The molecule has 0 amide bonds. The van der Waals surface area contributed by atoms with E-state index in [0.29, 0.717) is 0 Å². The maximum Gasteiger partial charge on any atom is 0.123 e. The Morgan fingerprint density at radius 1 is 1.10 bits per heavy atom. The van der Waals surface area contributed by atoms with E-state index in [2.05, 4.69) is 22.0 Å². The van der Waals surface area contributed by atoms with E-state index in [1.54, 1.807) is 17.7 Å². The van der Waals surface area contributed by atoms with Gasteiger partial charge in [0.1, 0.15) is 5.82 Å². The third-order valence-corrected chi connectivity index (χ3v) is 4.31. The van der Waals surface area contributed by atoms with Gasteiger partial charge < -0.3 is 10.2 Å². The van der Waals surface area contributed by atoms with E-state index in [-0.39, 0.29) is 5.82 Å². The molecule has 2 saturated heterocycles. The molecule has 2 heterocycles. The molecule has 0 spiro atoms. The number of nitrogens with one attached hydrogen (secondary N) is 1. The van der Waals surface area contributed by atoms with Crippen molar-refractivity contribution < 1.29 is 4.39 Å². The highest BCUT2D eigenvalue weighted by molar-refractivity contribution is 5.46. The van der Waals surface area contributed by atoms with Gasteiger partial charge in [-0.1, -0.05) is 5.57 Å². The van der Waals surface area contributed by atoms with Crippen LogP contribution in [0.4, 0.5) is 10.1 Å². The average molecular weight is 275 g/mol. The van der Waals surface area contributed by atoms with Crippen molar-refractivity contribution in [1.82, 2.24) is 10.2 Å². The smallest absolute Gasteiger partial charge is 0.123 e. The molecule has 0 radical (unpaired) electrons. The summed E-state index contributed by atoms with van der Waals surface area (Å²) < 4.78 is 12.9. The molecule has 0 unspecified atom stereocenters. The Balaban J connectivity index is 1.53. The number of nitrogens with zero attached hydrogens (tertiary/aromatic N) is 2. The zero-order valence-electron chi connectivity index (χ0n) is 12.0. The Bertz CT molecular complexity index is 481. The van der Waals surface area contributed by atoms with Crippen LogP contribution in [0.15, 0.2) is 35.4 Å². The van der Waals surface area contributed by atoms with Gasteiger partial charge in [-0.2, -0.15) is 0 Å². The van der Waals surface area contributed by atoms with Gasteiger partial charge in [-0.15, -0.1) is 0 Å². The minimum atomic E-state index is -0.163. The second kappa shape index (κ2) is 5.94. The summed E-state index contributed by atoms with van der Waals surface area (Å²) in [6.45, 7) is 9.68. The first-order chi connectivity index (χ1) is 9.72. The van der Waals surface area contributed by atoms with E-state index in [0.717, 1.165) is 51.5 Å². The molecule has 0 aliphatic carbocycles. The van der Waals surface area contributed by atoms with Gasteiger partial charge in [0, 0.05) is 51.5 Å². The van der Waals surface area contributed by atoms with Crippen LogP contribution >= 0.6 is 0 Å². The van der Waals surface area contributed by atoms with E-state index < -0.39 is 0 Å². The van der Waals surface area contributed by atoms with Crippen LogP contribution in [0, 0.1) is 5.82 Å². The van der Waals surface area contributed by atoms with Crippen molar-refractivity contribution in [2.24, 2.45) is 0 Å². The molecular formula is C16H22FN3. The summed E-state index contributed by atoms with van der Waals surface area (Å²) in [5.41, 5.74) is 4.23. The van der Waals surface area contributed by atoms with Crippen LogP contribution in [0.3, 0.4) is 0 Å². The van der Waals surface area contributed by atoms with Crippen molar-refractivity contribution in [3.8, 4) is 0 Å². The van der Waals surface area contributed by atoms with Gasteiger partial charge in [-0.25, -0.2) is 4.39 Å². The summed E-state index contributed by atoms with van der Waals surface area (Å²) >= 11 is 0. The van der Waals surface area contributed by atoms with Gasteiger partial charge in [0.05, 0.1) is 0 Å². The number of rotatable bonds is 3. The van der Waals surface area contributed by atoms with Crippen molar-refractivity contribution in [3.05, 3.63) is 41.2 Å². The number of halogens is 1. The molecular weight excluding hydrogens is 253 g/mol. The van der Waals surface area contributed by atoms with Crippen molar-refractivity contribution >= 4 is 5.69 Å². The van der Waals surface area contributed by atoms with Crippen molar-refractivity contribution in [2.75, 3.05) is 50.7 Å². The van der Waals surface area contributed by atoms with Crippen LogP contribution < -0.4 is 10.2 Å². The normalized spacial score (nSPS) is 19.9. The molecule has 4 heteroatoms. The quantitative estimate of drug-likeness (QED) is 0.850. The van der Waals surface area contributed by atoms with E-state index in [1.807, 2.05) is 12.1 Å². The van der Waals surface area contributed by atoms with Gasteiger partial charge in [0.25, 0.3) is 0 Å². The highest BCUT2D eigenvalue weighted by Gasteiger charge is 2.19. The molecule has 1 aromatic rings. The minimum absolute atomic E-state index is 0.163. The van der Waals surface area contributed by atoms with Crippen LogP contribution in [0.1, 0.15) is 6.92 Å². The maximum absolute atomic E-state index is 12.9. The first-order valence-electron chi connectivity index (χ1n) is 7.33. The third-order valence-electron chi connectivity index (χ3n) is 4.31. The van der Waals surface area contributed by atoms with Gasteiger partial charge in [-0.3, -0.25) is 4.90 Å². The van der Waals surface area contributed by atoms with E-state index >= 15 is 0 Å². The summed E-state index contributed by atoms with van der Waals surface area (Å²) in [6, 6.07) is 6.83. The highest BCUT2D eigenvalue weighted by Crippen LogP contribution is 2.18. The Hall–Kier alpha value is -1.39. The third kappa shape index (κ3) is 3.02. The Labute approximate surface area is 120 Å². The van der Waals surface area contributed by atoms with Gasteiger partial charge >= 0.3 is 0 Å². The first kappa shape index (κ1) is 13.6. The van der Waals surface area contributed by atoms with Crippen molar-refractivity contribution in [3.63, 3.8) is 0 Å². The van der Waals surface area contributed by atoms with Gasteiger partial charge in [0.15, 0.2) is 0 Å². The summed E-state index contributed by atoms with van der Waals surface area (Å²) in [5, 5.41) is 3.30. The van der Waals surface area contributed by atoms with Gasteiger partial charge in [-0.05, 0) is 36.8 Å². The molecule has 0 atom stereocenters. The maximum atomic E-state index is 12.9. The lowest BCUT2D eigenvalue weighted by Gasteiger charge is -2.37. The SMILES string of the molecule is CC(CN1CCN(c2ccc(F)cc2)CC1)=C1CNC1. The molecule has 20 heavy (non-hydrogen) atoms. The predicted octanol–water partition coefficient (Wildman–Crippen LogP) is 1.87. The largest absolute Gasteiger partial charge is 0.369 e. The molecule has 1 aromatic carbocycles. The fraction of sp³-hybridized carbons (Fsp3) is 0.500. The predicted molar refractivity (Wildman–Crippen MR) is 80.6 cm³/mol. The van der Waals surface area contributed by atoms with E-state index in [4.69, 9.17) is 0 Å². The lowest BCUT2D eigenvalue weighted by molar-refractivity contribution is 0.276. The lowest BCUT2D eigenvalue weighted by Crippen LogP contribution is -2.47. The van der Waals surface area contributed by atoms with Crippen LogP contribution in [0.5, 0.6) is 0 Å². The van der Waals surface area contributed by atoms with Crippen LogP contribution in [-0.4, -0.2) is 50.7 Å².